The molecular formula is C13H22N2O2. The van der Waals surface area contributed by atoms with Crippen molar-refractivity contribution in [1.82, 2.24) is 10.6 Å². The Morgan fingerprint density at radius 2 is 2.29 bits per heavy atom. The van der Waals surface area contributed by atoms with Crippen LogP contribution in [0.5, 0.6) is 0 Å². The number of carbonyl (C=O) groups excluding carboxylic acids is 1. The molecule has 0 heterocycles. The van der Waals surface area contributed by atoms with Crippen molar-refractivity contribution in [3.05, 3.63) is 23.9 Å². The highest BCUT2D eigenvalue weighted by Gasteiger charge is 2.36. The highest BCUT2D eigenvalue weighted by molar-refractivity contribution is 5.84. The molecule has 1 atom stereocenters. The fourth-order valence-corrected chi connectivity index (χ4v) is 1.70. The van der Waals surface area contributed by atoms with Gasteiger partial charge in [-0.1, -0.05) is 25.5 Å². The first-order valence-corrected chi connectivity index (χ1v) is 6.12. The highest BCUT2D eigenvalue weighted by atomic mass is 16.5. The van der Waals surface area contributed by atoms with Gasteiger partial charge in [0.15, 0.2) is 0 Å². The maximum Gasteiger partial charge on any atom is 0.330 e. The molecule has 0 aliphatic heterocycles. The number of esters is 1. The van der Waals surface area contributed by atoms with Crippen LogP contribution in [0.15, 0.2) is 23.9 Å². The summed E-state index contributed by atoms with van der Waals surface area (Å²) in [4.78, 5) is 12.0. The van der Waals surface area contributed by atoms with Gasteiger partial charge in [-0.3, -0.25) is 0 Å². The van der Waals surface area contributed by atoms with Crippen LogP contribution in [0.3, 0.4) is 0 Å². The number of ether oxygens (including phenoxy) is 1. The average molecular weight is 238 g/mol. The Morgan fingerprint density at radius 1 is 1.53 bits per heavy atom. The van der Waals surface area contributed by atoms with Crippen LogP contribution in [-0.4, -0.2) is 32.2 Å². The first-order chi connectivity index (χ1) is 8.18. The Balaban J connectivity index is 2.62. The van der Waals surface area contributed by atoms with Crippen molar-refractivity contribution >= 4 is 5.97 Å². The van der Waals surface area contributed by atoms with Gasteiger partial charge in [0, 0.05) is 19.2 Å². The third-order valence-electron chi connectivity index (χ3n) is 3.02. The zero-order chi connectivity index (χ0) is 12.7. The van der Waals surface area contributed by atoms with Crippen molar-refractivity contribution in [1.29, 1.82) is 0 Å². The van der Waals surface area contributed by atoms with E-state index in [0.717, 1.165) is 18.5 Å². The minimum atomic E-state index is -0.700. The minimum Gasteiger partial charge on any atom is -0.464 e. The fraction of sp³-hybridized carbons (Fsp3) is 0.615. The Bertz CT molecular complexity index is 323. The Kier molecular flexibility index (Phi) is 5.22. The molecule has 1 aliphatic carbocycles. The van der Waals surface area contributed by atoms with Gasteiger partial charge in [-0.25, -0.2) is 4.79 Å². The van der Waals surface area contributed by atoms with Gasteiger partial charge in [-0.15, -0.1) is 0 Å². The average Bonchev–Trinajstić information content (AvgIpc) is 2.39. The zero-order valence-corrected chi connectivity index (χ0v) is 10.9. The summed E-state index contributed by atoms with van der Waals surface area (Å²) in [6, 6.07) is 0. The number of nitrogens with one attached hydrogen (secondary N) is 2. The lowest BCUT2D eigenvalue weighted by molar-refractivity contribution is -0.149. The standard InChI is InChI=1S/C13H22N2O2/c1-4-5-10-17-12(16)13(15-3)8-6-11(14-2)7-9-13/h6-8,14-15H,4-5,9-10H2,1-3H3. The van der Waals surface area contributed by atoms with Crippen LogP contribution in [0.2, 0.25) is 0 Å². The van der Waals surface area contributed by atoms with Gasteiger partial charge in [0.25, 0.3) is 0 Å². The number of unbranched alkanes of at least 4 members (excludes halogenated alkanes) is 1. The molecule has 17 heavy (non-hydrogen) atoms. The van der Waals surface area contributed by atoms with Crippen LogP contribution in [0, 0.1) is 0 Å². The molecule has 1 aliphatic rings. The molecule has 1 rings (SSSR count). The number of allylic oxidation sites excluding steroid dienone is 1. The summed E-state index contributed by atoms with van der Waals surface area (Å²) >= 11 is 0. The second-order valence-corrected chi connectivity index (χ2v) is 4.16. The van der Waals surface area contributed by atoms with Crippen molar-refractivity contribution in [2.24, 2.45) is 0 Å². The maximum absolute atomic E-state index is 12.0. The first-order valence-electron chi connectivity index (χ1n) is 6.12. The van der Waals surface area contributed by atoms with Gasteiger partial charge in [0.1, 0.15) is 5.54 Å². The molecule has 96 valence electrons. The van der Waals surface area contributed by atoms with Gasteiger partial charge in [0.05, 0.1) is 6.61 Å². The van der Waals surface area contributed by atoms with Crippen LogP contribution in [0.25, 0.3) is 0 Å². The topological polar surface area (TPSA) is 50.4 Å². The summed E-state index contributed by atoms with van der Waals surface area (Å²) in [5.74, 6) is -0.198. The molecule has 0 saturated carbocycles. The summed E-state index contributed by atoms with van der Waals surface area (Å²) < 4.78 is 5.28. The Hall–Kier alpha value is -1.29. The van der Waals surface area contributed by atoms with Gasteiger partial charge < -0.3 is 15.4 Å². The predicted octanol–water partition coefficient (Wildman–Crippen LogP) is 1.35. The number of hydrogen-bond acceptors (Lipinski definition) is 4. The largest absolute Gasteiger partial charge is 0.464 e. The summed E-state index contributed by atoms with van der Waals surface area (Å²) in [6.07, 6.45) is 8.32. The molecule has 0 radical (unpaired) electrons. The summed E-state index contributed by atoms with van der Waals surface area (Å²) in [5, 5.41) is 6.11. The lowest BCUT2D eigenvalue weighted by Gasteiger charge is -2.29. The molecule has 0 fully saturated rings. The first kappa shape index (κ1) is 13.8. The van der Waals surface area contributed by atoms with E-state index in [1.807, 2.05) is 25.3 Å². The fourth-order valence-electron chi connectivity index (χ4n) is 1.70. The molecule has 1 unspecified atom stereocenters. The molecule has 4 nitrogen and oxygen atoms in total. The Morgan fingerprint density at radius 3 is 2.76 bits per heavy atom. The van der Waals surface area contributed by atoms with E-state index in [4.69, 9.17) is 4.74 Å². The lowest BCUT2D eigenvalue weighted by atomic mass is 9.90. The van der Waals surface area contributed by atoms with E-state index in [1.165, 1.54) is 0 Å². The van der Waals surface area contributed by atoms with E-state index in [0.29, 0.717) is 13.0 Å². The van der Waals surface area contributed by atoms with Gasteiger partial charge in [0.2, 0.25) is 0 Å². The zero-order valence-electron chi connectivity index (χ0n) is 10.9. The van der Waals surface area contributed by atoms with Crippen molar-refractivity contribution in [3.63, 3.8) is 0 Å². The van der Waals surface area contributed by atoms with E-state index in [1.54, 1.807) is 7.05 Å². The Labute approximate surface area is 103 Å². The second kappa shape index (κ2) is 6.45. The predicted molar refractivity (Wildman–Crippen MR) is 68.6 cm³/mol. The normalized spacial score (nSPS) is 23.1. The number of likely N-dealkylation sites (N-methyl/N-ethyl adjacent to an activating group) is 2. The van der Waals surface area contributed by atoms with Crippen LogP contribution in [0.1, 0.15) is 26.2 Å². The summed E-state index contributed by atoms with van der Waals surface area (Å²) in [7, 11) is 3.64. The third-order valence-corrected chi connectivity index (χ3v) is 3.02. The quantitative estimate of drug-likeness (QED) is 0.542. The molecule has 0 aromatic heterocycles. The number of hydrogen-bond donors (Lipinski definition) is 2. The van der Waals surface area contributed by atoms with Crippen LogP contribution >= 0.6 is 0 Å². The molecule has 0 bridgehead atoms. The molecule has 0 aromatic rings. The SMILES string of the molecule is CCCCOC(=O)C1(NC)C=CC(NC)=CC1. The van der Waals surface area contributed by atoms with E-state index >= 15 is 0 Å². The van der Waals surface area contributed by atoms with Crippen LogP contribution in [0.4, 0.5) is 0 Å². The molecule has 0 aromatic carbocycles. The molecule has 2 N–H and O–H groups in total. The van der Waals surface area contributed by atoms with E-state index in [9.17, 15) is 4.79 Å². The van der Waals surface area contributed by atoms with Gasteiger partial charge >= 0.3 is 5.97 Å². The highest BCUT2D eigenvalue weighted by Crippen LogP contribution is 2.21. The molecule has 0 amide bonds. The van der Waals surface area contributed by atoms with Crippen LogP contribution in [-0.2, 0) is 9.53 Å². The van der Waals surface area contributed by atoms with E-state index < -0.39 is 5.54 Å². The van der Waals surface area contributed by atoms with Crippen molar-refractivity contribution in [2.75, 3.05) is 20.7 Å². The van der Waals surface area contributed by atoms with Gasteiger partial charge in [-0.2, -0.15) is 0 Å². The van der Waals surface area contributed by atoms with E-state index in [2.05, 4.69) is 17.6 Å². The maximum atomic E-state index is 12.0. The smallest absolute Gasteiger partial charge is 0.330 e. The monoisotopic (exact) mass is 238 g/mol. The van der Waals surface area contributed by atoms with Crippen LogP contribution < -0.4 is 10.6 Å². The lowest BCUT2D eigenvalue weighted by Crippen LogP contribution is -2.50. The number of rotatable bonds is 6. The third kappa shape index (κ3) is 3.33. The summed E-state index contributed by atoms with van der Waals surface area (Å²) in [6.45, 7) is 2.57. The number of carbonyl (C=O) groups is 1. The molecule has 0 saturated heterocycles. The van der Waals surface area contributed by atoms with Crippen molar-refractivity contribution in [2.45, 2.75) is 31.7 Å². The van der Waals surface area contributed by atoms with Crippen molar-refractivity contribution in [3.8, 4) is 0 Å². The minimum absolute atomic E-state index is 0.198. The van der Waals surface area contributed by atoms with Crippen molar-refractivity contribution < 1.29 is 9.53 Å². The molecule has 0 spiro atoms. The second-order valence-electron chi connectivity index (χ2n) is 4.16. The molecular weight excluding hydrogens is 216 g/mol. The molecule has 4 heteroatoms. The summed E-state index contributed by atoms with van der Waals surface area (Å²) in [5.41, 5.74) is 0.325. The van der Waals surface area contributed by atoms with Gasteiger partial charge in [-0.05, 0) is 19.5 Å². The van der Waals surface area contributed by atoms with E-state index in [-0.39, 0.29) is 5.97 Å².